The minimum atomic E-state index is -0.457. The summed E-state index contributed by atoms with van der Waals surface area (Å²) in [5.41, 5.74) is 0.883. The molecule has 0 heterocycles. The van der Waals surface area contributed by atoms with E-state index < -0.39 is 5.97 Å². The number of hydrogen-bond acceptors (Lipinski definition) is 4. The summed E-state index contributed by atoms with van der Waals surface area (Å²) in [6.45, 7) is 0. The van der Waals surface area contributed by atoms with Gasteiger partial charge in [0.1, 0.15) is 0 Å². The van der Waals surface area contributed by atoms with Crippen molar-refractivity contribution >= 4 is 34.9 Å². The van der Waals surface area contributed by atoms with E-state index in [0.717, 1.165) is 19.3 Å². The first-order chi connectivity index (χ1) is 9.61. The zero-order valence-electron chi connectivity index (χ0n) is 11.1. The first-order valence-electron chi connectivity index (χ1n) is 6.41. The highest BCUT2D eigenvalue weighted by Gasteiger charge is 2.25. The second-order valence-corrected chi connectivity index (χ2v) is 5.02. The highest BCUT2D eigenvalue weighted by Crippen LogP contribution is 2.26. The molecular weight excluding hydrogens is 276 g/mol. The lowest BCUT2D eigenvalue weighted by atomic mass is 9.85. The number of nitrogens with one attached hydrogen (secondary N) is 2. The molecule has 6 heteroatoms. The number of para-hydroxylation sites is 1. The van der Waals surface area contributed by atoms with Crippen LogP contribution in [0.1, 0.15) is 29.6 Å². The number of hydrogen-bond donors (Lipinski definition) is 2. The monoisotopic (exact) mass is 292 g/mol. The molecule has 2 rings (SSSR count). The van der Waals surface area contributed by atoms with Crippen LogP contribution in [0.4, 0.5) is 5.69 Å². The van der Waals surface area contributed by atoms with E-state index >= 15 is 0 Å². The number of thiocarbonyl (C=S) groups is 1. The zero-order valence-corrected chi connectivity index (χ0v) is 12.0. The number of anilines is 1. The number of ether oxygens (including phenoxy) is 1. The molecule has 0 unspecified atom stereocenters. The zero-order chi connectivity index (χ0) is 14.5. The van der Waals surface area contributed by atoms with Crippen LogP contribution in [-0.2, 0) is 9.53 Å². The first kappa shape index (κ1) is 14.5. The van der Waals surface area contributed by atoms with Gasteiger partial charge in [0, 0.05) is 5.92 Å². The lowest BCUT2D eigenvalue weighted by Gasteiger charge is -2.24. The molecule has 5 nitrogen and oxygen atoms in total. The molecule has 0 bridgehead atoms. The Morgan fingerprint density at radius 3 is 2.60 bits per heavy atom. The maximum absolute atomic E-state index is 11.8. The fourth-order valence-electron chi connectivity index (χ4n) is 1.92. The number of carbonyl (C=O) groups is 2. The predicted molar refractivity (Wildman–Crippen MR) is 79.5 cm³/mol. The summed E-state index contributed by atoms with van der Waals surface area (Å²) in [5, 5.41) is 5.69. The molecule has 2 N–H and O–H groups in total. The van der Waals surface area contributed by atoms with Crippen molar-refractivity contribution in [1.29, 1.82) is 0 Å². The molecule has 1 aromatic carbocycles. The molecule has 0 atom stereocenters. The molecule has 0 aromatic heterocycles. The summed E-state index contributed by atoms with van der Waals surface area (Å²) < 4.78 is 4.69. The van der Waals surface area contributed by atoms with Gasteiger partial charge >= 0.3 is 5.97 Å². The van der Waals surface area contributed by atoms with Crippen LogP contribution in [0.2, 0.25) is 0 Å². The Morgan fingerprint density at radius 2 is 2.00 bits per heavy atom. The topological polar surface area (TPSA) is 67.4 Å². The Labute approximate surface area is 122 Å². The highest BCUT2D eigenvalue weighted by atomic mass is 32.1. The van der Waals surface area contributed by atoms with Crippen LogP contribution in [0.3, 0.4) is 0 Å². The first-order valence-corrected chi connectivity index (χ1v) is 6.82. The molecule has 1 aliphatic rings. The van der Waals surface area contributed by atoms with Crippen molar-refractivity contribution in [3.05, 3.63) is 29.8 Å². The lowest BCUT2D eigenvalue weighted by molar-refractivity contribution is -0.125. The standard InChI is InChI=1S/C14H16N2O3S/c1-19-13(18)10-7-2-3-8-11(10)15-14(20)16-12(17)9-5-4-6-9/h2-3,7-9H,4-6H2,1H3,(H2,15,16,17,20). The molecule has 1 amide bonds. The lowest BCUT2D eigenvalue weighted by Crippen LogP contribution is -2.40. The Balaban J connectivity index is 2.00. The van der Waals surface area contributed by atoms with Gasteiger partial charge in [-0.15, -0.1) is 0 Å². The van der Waals surface area contributed by atoms with Gasteiger partial charge in [-0.2, -0.15) is 0 Å². The number of esters is 1. The minimum Gasteiger partial charge on any atom is -0.465 e. The normalized spacial score (nSPS) is 14.1. The van der Waals surface area contributed by atoms with Gasteiger partial charge in [0.25, 0.3) is 0 Å². The molecule has 1 aromatic rings. The fraction of sp³-hybridized carbons (Fsp3) is 0.357. The third-order valence-electron chi connectivity index (χ3n) is 3.29. The Hall–Kier alpha value is -1.95. The third kappa shape index (κ3) is 3.33. The van der Waals surface area contributed by atoms with Crippen molar-refractivity contribution < 1.29 is 14.3 Å². The van der Waals surface area contributed by atoms with Crippen LogP contribution in [-0.4, -0.2) is 24.1 Å². The second kappa shape index (κ2) is 6.47. The van der Waals surface area contributed by atoms with Gasteiger partial charge in [-0.1, -0.05) is 18.6 Å². The van der Waals surface area contributed by atoms with Crippen molar-refractivity contribution in [1.82, 2.24) is 5.32 Å². The second-order valence-electron chi connectivity index (χ2n) is 4.61. The largest absolute Gasteiger partial charge is 0.465 e. The number of methoxy groups -OCH3 is 1. The number of benzene rings is 1. The van der Waals surface area contributed by atoms with E-state index in [1.165, 1.54) is 7.11 Å². The Bertz CT molecular complexity index is 541. The van der Waals surface area contributed by atoms with Crippen molar-refractivity contribution in [2.24, 2.45) is 5.92 Å². The molecule has 1 aliphatic carbocycles. The van der Waals surface area contributed by atoms with Crippen molar-refractivity contribution in [2.45, 2.75) is 19.3 Å². The summed E-state index contributed by atoms with van der Waals surface area (Å²) in [5.74, 6) is -0.462. The maximum atomic E-state index is 11.8. The van der Waals surface area contributed by atoms with Crippen LogP contribution in [0.5, 0.6) is 0 Å². The van der Waals surface area contributed by atoms with Gasteiger partial charge in [-0.3, -0.25) is 4.79 Å². The van der Waals surface area contributed by atoms with E-state index in [9.17, 15) is 9.59 Å². The summed E-state index contributed by atoms with van der Waals surface area (Å²) in [6.07, 6.45) is 2.91. The van der Waals surface area contributed by atoms with E-state index in [2.05, 4.69) is 10.6 Å². The van der Waals surface area contributed by atoms with Crippen LogP contribution in [0, 0.1) is 5.92 Å². The van der Waals surface area contributed by atoms with Crippen LogP contribution >= 0.6 is 12.2 Å². The SMILES string of the molecule is COC(=O)c1ccccc1NC(=S)NC(=O)C1CCC1. The minimum absolute atomic E-state index is 0.0607. The van der Waals surface area contributed by atoms with Gasteiger partial charge in [0.2, 0.25) is 5.91 Å². The average Bonchev–Trinajstić information content (AvgIpc) is 2.36. The molecule has 0 saturated heterocycles. The van der Waals surface area contributed by atoms with Crippen molar-refractivity contribution in [3.63, 3.8) is 0 Å². The molecule has 0 aliphatic heterocycles. The van der Waals surface area contributed by atoms with Gasteiger partial charge in [0.15, 0.2) is 5.11 Å². The molecule has 106 valence electrons. The van der Waals surface area contributed by atoms with Crippen LogP contribution in [0.25, 0.3) is 0 Å². The molecular formula is C14H16N2O3S. The Kier molecular flexibility index (Phi) is 4.68. The summed E-state index contributed by atoms with van der Waals surface area (Å²) in [7, 11) is 1.32. The van der Waals surface area contributed by atoms with E-state index in [0.29, 0.717) is 11.3 Å². The molecule has 0 spiro atoms. The van der Waals surface area contributed by atoms with Crippen molar-refractivity contribution in [3.8, 4) is 0 Å². The predicted octanol–water partition coefficient (Wildman–Crippen LogP) is 2.09. The maximum Gasteiger partial charge on any atom is 0.339 e. The van der Waals surface area contributed by atoms with Crippen molar-refractivity contribution in [2.75, 3.05) is 12.4 Å². The van der Waals surface area contributed by atoms with Gasteiger partial charge in [-0.25, -0.2) is 4.79 Å². The van der Waals surface area contributed by atoms with Gasteiger partial charge in [-0.05, 0) is 37.2 Å². The van der Waals surface area contributed by atoms with Crippen LogP contribution in [0.15, 0.2) is 24.3 Å². The van der Waals surface area contributed by atoms with Gasteiger partial charge in [0.05, 0.1) is 18.4 Å². The third-order valence-corrected chi connectivity index (χ3v) is 3.50. The summed E-state index contributed by atoms with van der Waals surface area (Å²) in [4.78, 5) is 23.4. The molecule has 0 radical (unpaired) electrons. The van der Waals surface area contributed by atoms with Gasteiger partial charge < -0.3 is 15.4 Å². The summed E-state index contributed by atoms with van der Waals surface area (Å²) in [6, 6.07) is 6.83. The van der Waals surface area contributed by atoms with E-state index in [1.54, 1.807) is 24.3 Å². The molecule has 1 fully saturated rings. The van der Waals surface area contributed by atoms with Crippen LogP contribution < -0.4 is 10.6 Å². The Morgan fingerprint density at radius 1 is 1.30 bits per heavy atom. The fourth-order valence-corrected chi connectivity index (χ4v) is 2.13. The highest BCUT2D eigenvalue weighted by molar-refractivity contribution is 7.80. The number of rotatable bonds is 3. The summed E-state index contributed by atoms with van der Waals surface area (Å²) >= 11 is 5.09. The van der Waals surface area contributed by atoms with E-state index in [-0.39, 0.29) is 16.9 Å². The van der Waals surface area contributed by atoms with E-state index in [4.69, 9.17) is 17.0 Å². The smallest absolute Gasteiger partial charge is 0.339 e. The average molecular weight is 292 g/mol. The molecule has 1 saturated carbocycles. The quantitative estimate of drug-likeness (QED) is 0.659. The van der Waals surface area contributed by atoms with E-state index in [1.807, 2.05) is 0 Å². The molecule has 20 heavy (non-hydrogen) atoms. The number of amides is 1. The number of carbonyl (C=O) groups excluding carboxylic acids is 2.